The molecule has 0 amide bonds. The fourth-order valence-corrected chi connectivity index (χ4v) is 3.41. The normalized spacial score (nSPS) is 11.4. The third-order valence-electron chi connectivity index (χ3n) is 2.35. The topological polar surface area (TPSA) is 51.2 Å². The minimum absolute atomic E-state index is 0.0940. The molecule has 0 unspecified atom stereocenters. The molecule has 3 nitrogen and oxygen atoms in total. The standard InChI is InChI=1S/C12H15BrO3S/c1-10(14)5-2-3-8-17(15,16)12-7-4-6-11(13)9-12/h4,6-7,9H,2-3,5,8H2,1H3. The molecule has 0 aromatic heterocycles. The summed E-state index contributed by atoms with van der Waals surface area (Å²) in [6, 6.07) is 6.67. The molecule has 0 saturated heterocycles. The van der Waals surface area contributed by atoms with Crippen molar-refractivity contribution < 1.29 is 13.2 Å². The van der Waals surface area contributed by atoms with Gasteiger partial charge in [0.15, 0.2) is 9.84 Å². The first-order chi connectivity index (χ1) is 7.92. The van der Waals surface area contributed by atoms with E-state index in [1.807, 2.05) is 0 Å². The van der Waals surface area contributed by atoms with E-state index >= 15 is 0 Å². The summed E-state index contributed by atoms with van der Waals surface area (Å²) < 4.78 is 24.6. The number of benzene rings is 1. The zero-order valence-corrected chi connectivity index (χ0v) is 12.1. The molecular weight excluding hydrogens is 304 g/mol. The highest BCUT2D eigenvalue weighted by atomic mass is 79.9. The van der Waals surface area contributed by atoms with E-state index in [1.54, 1.807) is 24.3 Å². The molecule has 0 aliphatic heterocycles. The molecule has 0 radical (unpaired) electrons. The Hall–Kier alpha value is -0.680. The van der Waals surface area contributed by atoms with E-state index in [4.69, 9.17) is 0 Å². The second-order valence-corrected chi connectivity index (χ2v) is 6.96. The first-order valence-corrected chi connectivity index (χ1v) is 7.84. The van der Waals surface area contributed by atoms with Gasteiger partial charge in [-0.05, 0) is 38.0 Å². The third kappa shape index (κ3) is 5.00. The van der Waals surface area contributed by atoms with Crippen molar-refractivity contribution in [3.63, 3.8) is 0 Å². The molecule has 17 heavy (non-hydrogen) atoms. The largest absolute Gasteiger partial charge is 0.300 e. The number of ketones is 1. The van der Waals surface area contributed by atoms with Crippen molar-refractivity contribution in [1.82, 2.24) is 0 Å². The van der Waals surface area contributed by atoms with Crippen molar-refractivity contribution in [2.24, 2.45) is 0 Å². The van der Waals surface area contributed by atoms with Crippen LogP contribution in [0.5, 0.6) is 0 Å². The lowest BCUT2D eigenvalue weighted by Gasteiger charge is -2.04. The Balaban J connectivity index is 2.60. The lowest BCUT2D eigenvalue weighted by molar-refractivity contribution is -0.117. The van der Waals surface area contributed by atoms with Crippen LogP contribution in [-0.4, -0.2) is 20.0 Å². The predicted octanol–water partition coefficient (Wildman–Crippen LogP) is 2.98. The molecular formula is C12H15BrO3S. The molecule has 1 aromatic carbocycles. The number of halogens is 1. The average Bonchev–Trinajstić information content (AvgIpc) is 2.24. The Kier molecular flexibility index (Phi) is 5.33. The van der Waals surface area contributed by atoms with Gasteiger partial charge >= 0.3 is 0 Å². The van der Waals surface area contributed by atoms with Crippen LogP contribution in [0, 0.1) is 0 Å². The van der Waals surface area contributed by atoms with E-state index < -0.39 is 9.84 Å². The van der Waals surface area contributed by atoms with E-state index in [2.05, 4.69) is 15.9 Å². The summed E-state index contributed by atoms with van der Waals surface area (Å²) in [5, 5.41) is 0. The lowest BCUT2D eigenvalue weighted by Crippen LogP contribution is -2.07. The highest BCUT2D eigenvalue weighted by Crippen LogP contribution is 2.18. The summed E-state index contributed by atoms with van der Waals surface area (Å²) in [7, 11) is -3.22. The smallest absolute Gasteiger partial charge is 0.178 e. The van der Waals surface area contributed by atoms with E-state index in [0.29, 0.717) is 24.2 Å². The van der Waals surface area contributed by atoms with Crippen molar-refractivity contribution in [1.29, 1.82) is 0 Å². The maximum atomic E-state index is 11.9. The number of carbonyl (C=O) groups excluding carboxylic acids is 1. The number of hydrogen-bond acceptors (Lipinski definition) is 3. The van der Waals surface area contributed by atoms with Crippen LogP contribution >= 0.6 is 15.9 Å². The van der Waals surface area contributed by atoms with E-state index in [1.165, 1.54) is 6.92 Å². The van der Waals surface area contributed by atoms with Crippen LogP contribution in [0.1, 0.15) is 26.2 Å². The Bertz CT molecular complexity index is 494. The van der Waals surface area contributed by atoms with Crippen molar-refractivity contribution in [3.8, 4) is 0 Å². The zero-order valence-electron chi connectivity index (χ0n) is 9.65. The van der Waals surface area contributed by atoms with E-state index in [9.17, 15) is 13.2 Å². The number of unbranched alkanes of at least 4 members (excludes halogenated alkanes) is 1. The molecule has 0 atom stereocenters. The highest BCUT2D eigenvalue weighted by Gasteiger charge is 2.14. The summed E-state index contributed by atoms with van der Waals surface area (Å²) in [6.07, 6.45) is 1.60. The Labute approximate surface area is 110 Å². The van der Waals surface area contributed by atoms with E-state index in [0.717, 1.165) is 4.47 Å². The summed E-state index contributed by atoms with van der Waals surface area (Å²) >= 11 is 3.25. The van der Waals surface area contributed by atoms with Crippen LogP contribution in [-0.2, 0) is 14.6 Å². The van der Waals surface area contributed by atoms with Crippen LogP contribution in [0.2, 0.25) is 0 Å². The molecule has 1 rings (SSSR count). The summed E-state index contributed by atoms with van der Waals surface area (Å²) in [5.41, 5.74) is 0. The first kappa shape index (κ1) is 14.4. The van der Waals surface area contributed by atoms with Crippen molar-refractivity contribution >= 4 is 31.6 Å². The molecule has 0 N–H and O–H groups in total. The molecule has 0 bridgehead atoms. The van der Waals surface area contributed by atoms with Crippen molar-refractivity contribution in [2.75, 3.05) is 5.75 Å². The van der Waals surface area contributed by atoms with E-state index in [-0.39, 0.29) is 11.5 Å². The maximum absolute atomic E-state index is 11.9. The fraction of sp³-hybridized carbons (Fsp3) is 0.417. The molecule has 0 fully saturated rings. The summed E-state index contributed by atoms with van der Waals surface area (Å²) in [5.74, 6) is 0.196. The van der Waals surface area contributed by atoms with Gasteiger partial charge in [-0.1, -0.05) is 22.0 Å². The van der Waals surface area contributed by atoms with Crippen LogP contribution in [0.3, 0.4) is 0 Å². The third-order valence-corrected chi connectivity index (χ3v) is 4.64. The van der Waals surface area contributed by atoms with Crippen LogP contribution in [0.15, 0.2) is 33.6 Å². The molecule has 0 aliphatic carbocycles. The van der Waals surface area contributed by atoms with Gasteiger partial charge in [0.25, 0.3) is 0 Å². The zero-order chi connectivity index (χ0) is 12.9. The predicted molar refractivity (Wildman–Crippen MR) is 70.7 cm³/mol. The van der Waals surface area contributed by atoms with Gasteiger partial charge in [0, 0.05) is 10.9 Å². The lowest BCUT2D eigenvalue weighted by atomic mass is 10.2. The van der Waals surface area contributed by atoms with Gasteiger partial charge in [-0.2, -0.15) is 0 Å². The highest BCUT2D eigenvalue weighted by molar-refractivity contribution is 9.10. The maximum Gasteiger partial charge on any atom is 0.178 e. The second-order valence-electron chi connectivity index (χ2n) is 3.94. The number of rotatable bonds is 6. The number of sulfone groups is 1. The fourth-order valence-electron chi connectivity index (χ4n) is 1.44. The van der Waals surface area contributed by atoms with Crippen LogP contribution < -0.4 is 0 Å². The van der Waals surface area contributed by atoms with Gasteiger partial charge in [-0.25, -0.2) is 8.42 Å². The molecule has 0 spiro atoms. The van der Waals surface area contributed by atoms with Crippen LogP contribution in [0.4, 0.5) is 0 Å². The number of hydrogen-bond donors (Lipinski definition) is 0. The second kappa shape index (κ2) is 6.31. The molecule has 94 valence electrons. The molecule has 0 saturated carbocycles. The summed E-state index contributed by atoms with van der Waals surface area (Å²) in [4.78, 5) is 11.1. The first-order valence-electron chi connectivity index (χ1n) is 5.39. The van der Waals surface area contributed by atoms with Gasteiger partial charge < -0.3 is 4.79 Å². The number of carbonyl (C=O) groups is 1. The molecule has 5 heteroatoms. The number of Topliss-reactive ketones (excluding diaryl/α,β-unsaturated/α-hetero) is 1. The van der Waals surface area contributed by atoms with Crippen molar-refractivity contribution in [3.05, 3.63) is 28.7 Å². The quantitative estimate of drug-likeness (QED) is 0.758. The Morgan fingerprint density at radius 1 is 1.29 bits per heavy atom. The van der Waals surface area contributed by atoms with Gasteiger partial charge in [0.05, 0.1) is 10.6 Å². The van der Waals surface area contributed by atoms with Gasteiger partial charge in [-0.15, -0.1) is 0 Å². The van der Waals surface area contributed by atoms with Crippen LogP contribution in [0.25, 0.3) is 0 Å². The minimum Gasteiger partial charge on any atom is -0.300 e. The Morgan fingerprint density at radius 2 is 2.00 bits per heavy atom. The van der Waals surface area contributed by atoms with Crippen molar-refractivity contribution in [2.45, 2.75) is 31.1 Å². The molecule has 0 aliphatic rings. The monoisotopic (exact) mass is 318 g/mol. The van der Waals surface area contributed by atoms with Gasteiger partial charge in [-0.3, -0.25) is 0 Å². The Morgan fingerprint density at radius 3 is 2.59 bits per heavy atom. The SMILES string of the molecule is CC(=O)CCCCS(=O)(=O)c1cccc(Br)c1. The molecule has 1 aromatic rings. The van der Waals surface area contributed by atoms with Gasteiger partial charge in [0.2, 0.25) is 0 Å². The minimum atomic E-state index is -3.22. The molecule has 0 heterocycles. The van der Waals surface area contributed by atoms with Gasteiger partial charge in [0.1, 0.15) is 5.78 Å². The average molecular weight is 319 g/mol. The summed E-state index contributed by atoms with van der Waals surface area (Å²) in [6.45, 7) is 1.52.